The molecule has 3 aliphatic rings. The Labute approximate surface area is 170 Å². The van der Waals surface area contributed by atoms with Crippen LogP contribution in [-0.4, -0.2) is 46.2 Å². The third-order valence-electron chi connectivity index (χ3n) is 6.01. The van der Waals surface area contributed by atoms with Crippen molar-refractivity contribution in [3.8, 4) is 17.1 Å². The van der Waals surface area contributed by atoms with E-state index in [4.69, 9.17) is 15.2 Å². The molecule has 0 bridgehead atoms. The number of nitrogens with zero attached hydrogens (tertiary/aromatic N) is 3. The van der Waals surface area contributed by atoms with Crippen LogP contribution in [0.25, 0.3) is 11.4 Å². The molecule has 1 spiro atoms. The molecule has 30 heavy (non-hydrogen) atoms. The highest BCUT2D eigenvalue weighted by Gasteiger charge is 2.79. The maximum atomic E-state index is 14.0. The summed E-state index contributed by atoms with van der Waals surface area (Å²) in [6, 6.07) is 5.50. The van der Waals surface area contributed by atoms with E-state index in [1.54, 1.807) is 17.7 Å². The van der Waals surface area contributed by atoms with Crippen LogP contribution < -0.4 is 15.4 Å². The van der Waals surface area contributed by atoms with E-state index in [2.05, 4.69) is 4.98 Å². The number of carbonyl (C=O) groups excluding carboxylic acids is 2. The molecular formula is C20H20F2N4O4. The number of primary amides is 1. The van der Waals surface area contributed by atoms with E-state index in [1.165, 1.54) is 0 Å². The van der Waals surface area contributed by atoms with Crippen LogP contribution in [0.2, 0.25) is 0 Å². The van der Waals surface area contributed by atoms with Crippen LogP contribution in [0.4, 0.5) is 19.4 Å². The first-order valence-electron chi connectivity index (χ1n) is 9.69. The molecule has 1 saturated heterocycles. The molecule has 2 aromatic rings. The molecule has 1 aromatic heterocycles. The largest absolute Gasteiger partial charge is 0.491 e. The number of cyclic esters (lactones) is 1. The molecule has 2 atom stereocenters. The summed E-state index contributed by atoms with van der Waals surface area (Å²) < 4.78 is 40.6. The van der Waals surface area contributed by atoms with Crippen LogP contribution in [0.5, 0.6) is 5.75 Å². The number of aromatic nitrogens is 2. The smallest absolute Gasteiger partial charge is 0.416 e. The lowest BCUT2D eigenvalue weighted by atomic mass is 9.99. The Morgan fingerprint density at radius 3 is 2.83 bits per heavy atom. The third-order valence-corrected chi connectivity index (χ3v) is 6.01. The summed E-state index contributed by atoms with van der Waals surface area (Å²) in [6.07, 6.45) is 0.810. The van der Waals surface area contributed by atoms with Gasteiger partial charge < -0.3 is 19.8 Å². The summed E-state index contributed by atoms with van der Waals surface area (Å²) in [7, 11) is 0. The summed E-state index contributed by atoms with van der Waals surface area (Å²) in [5, 5.41) is 0. The van der Waals surface area contributed by atoms with Gasteiger partial charge in [0.25, 0.3) is 5.92 Å². The second kappa shape index (κ2) is 6.16. The van der Waals surface area contributed by atoms with Crippen molar-refractivity contribution in [1.29, 1.82) is 0 Å². The van der Waals surface area contributed by atoms with E-state index < -0.39 is 24.0 Å². The fraction of sp³-hybridized carbons (Fsp3) is 0.450. The molecule has 0 unspecified atom stereocenters. The van der Waals surface area contributed by atoms with E-state index >= 15 is 0 Å². The minimum absolute atomic E-state index is 0.143. The molecule has 2 N–H and O–H groups in total. The summed E-state index contributed by atoms with van der Waals surface area (Å²) in [6.45, 7) is 2.20. The lowest BCUT2D eigenvalue weighted by molar-refractivity contribution is -0.121. The standard InChI is InChI=1S/C20H20F2N4O4/c1-11(16(23)27)6-12-2-3-13-14(7-12)29-5-4-25-8-15(24-17(13)25)26-18(28)30-10-19(26)9-20(19,21)22/h2-3,7-8,11H,4-6,9-10H2,1H3,(H2,23,27)/t11-,19+/m1/s1. The number of imidazole rings is 1. The van der Waals surface area contributed by atoms with Crippen molar-refractivity contribution in [3.63, 3.8) is 0 Å². The van der Waals surface area contributed by atoms with Crippen molar-refractivity contribution in [2.75, 3.05) is 18.1 Å². The predicted octanol–water partition coefficient (Wildman–Crippen LogP) is 2.34. The van der Waals surface area contributed by atoms with Gasteiger partial charge in [0.2, 0.25) is 5.91 Å². The topological polar surface area (TPSA) is 99.7 Å². The second-order valence-corrected chi connectivity index (χ2v) is 8.11. The van der Waals surface area contributed by atoms with Crippen molar-refractivity contribution in [2.45, 2.75) is 37.8 Å². The Balaban J connectivity index is 1.51. The van der Waals surface area contributed by atoms with Gasteiger partial charge in [0.05, 0.1) is 12.1 Å². The van der Waals surface area contributed by atoms with Gasteiger partial charge in [-0.15, -0.1) is 0 Å². The summed E-state index contributed by atoms with van der Waals surface area (Å²) >= 11 is 0. The molecule has 5 rings (SSSR count). The Morgan fingerprint density at radius 2 is 2.13 bits per heavy atom. The molecule has 2 amide bonds. The molecule has 10 heteroatoms. The zero-order valence-electron chi connectivity index (χ0n) is 16.2. The number of carbonyl (C=O) groups is 2. The first kappa shape index (κ1) is 18.8. The van der Waals surface area contributed by atoms with E-state index in [0.29, 0.717) is 36.7 Å². The highest BCUT2D eigenvalue weighted by Crippen LogP contribution is 2.60. The van der Waals surface area contributed by atoms with Gasteiger partial charge in [-0.25, -0.2) is 23.5 Å². The maximum absolute atomic E-state index is 14.0. The Morgan fingerprint density at radius 1 is 1.37 bits per heavy atom. The van der Waals surface area contributed by atoms with Gasteiger partial charge in [0.1, 0.15) is 24.8 Å². The van der Waals surface area contributed by atoms with Gasteiger partial charge >= 0.3 is 6.09 Å². The van der Waals surface area contributed by atoms with E-state index in [0.717, 1.165) is 10.5 Å². The number of ether oxygens (including phenoxy) is 2. The molecule has 0 radical (unpaired) electrons. The molecule has 2 aliphatic heterocycles. The number of nitrogens with two attached hydrogens (primary N) is 1. The number of anilines is 1. The minimum atomic E-state index is -2.99. The fourth-order valence-corrected chi connectivity index (χ4v) is 4.12. The minimum Gasteiger partial charge on any atom is -0.491 e. The SMILES string of the molecule is C[C@H](Cc1ccc2c(c1)OCCn1cc(N3C(=O)OC[C@]34CC4(F)F)nc1-2)C(N)=O. The average molecular weight is 418 g/mol. The zero-order valence-corrected chi connectivity index (χ0v) is 16.2. The monoisotopic (exact) mass is 418 g/mol. The highest BCUT2D eigenvalue weighted by molar-refractivity contribution is 5.92. The van der Waals surface area contributed by atoms with Crippen molar-refractivity contribution in [1.82, 2.24) is 9.55 Å². The van der Waals surface area contributed by atoms with E-state index in [1.807, 2.05) is 18.2 Å². The Hall–Kier alpha value is -3.17. The first-order valence-corrected chi connectivity index (χ1v) is 9.69. The number of halogens is 2. The third kappa shape index (κ3) is 2.66. The number of benzene rings is 1. The molecule has 3 heterocycles. The Bertz CT molecular complexity index is 1070. The number of amides is 2. The quantitative estimate of drug-likeness (QED) is 0.822. The lowest BCUT2D eigenvalue weighted by Gasteiger charge is -2.18. The van der Waals surface area contributed by atoms with Gasteiger partial charge in [0, 0.05) is 18.5 Å². The van der Waals surface area contributed by atoms with E-state index in [-0.39, 0.29) is 24.2 Å². The van der Waals surface area contributed by atoms with Crippen LogP contribution >= 0.6 is 0 Å². The summed E-state index contributed by atoms with van der Waals surface area (Å²) in [5.74, 6) is -2.45. The number of alkyl halides is 2. The van der Waals surface area contributed by atoms with Gasteiger partial charge in [0.15, 0.2) is 11.4 Å². The zero-order chi connectivity index (χ0) is 21.3. The maximum Gasteiger partial charge on any atom is 0.416 e. The molecule has 1 saturated carbocycles. The van der Waals surface area contributed by atoms with E-state index in [9.17, 15) is 18.4 Å². The number of hydrogen-bond donors (Lipinski definition) is 1. The van der Waals surface area contributed by atoms with Crippen LogP contribution in [0.3, 0.4) is 0 Å². The number of rotatable bonds is 4. The Kier molecular flexibility index (Phi) is 3.87. The molecule has 1 aliphatic carbocycles. The van der Waals surface area contributed by atoms with Gasteiger partial charge in [-0.05, 0) is 24.1 Å². The molecule has 158 valence electrons. The lowest BCUT2D eigenvalue weighted by Crippen LogP contribution is -2.40. The van der Waals surface area contributed by atoms with Crippen LogP contribution in [0.15, 0.2) is 24.4 Å². The average Bonchev–Trinajstić information content (AvgIpc) is 2.94. The van der Waals surface area contributed by atoms with Crippen LogP contribution in [0, 0.1) is 5.92 Å². The first-order chi connectivity index (χ1) is 14.2. The molecular weight excluding hydrogens is 398 g/mol. The number of hydrogen-bond acceptors (Lipinski definition) is 5. The summed E-state index contributed by atoms with van der Waals surface area (Å²) in [4.78, 5) is 29.0. The molecule has 8 nitrogen and oxygen atoms in total. The fourth-order valence-electron chi connectivity index (χ4n) is 4.12. The van der Waals surface area contributed by atoms with Gasteiger partial charge in [-0.3, -0.25) is 4.79 Å². The normalized spacial score (nSPS) is 24.5. The summed E-state index contributed by atoms with van der Waals surface area (Å²) in [5.41, 5.74) is 5.28. The second-order valence-electron chi connectivity index (χ2n) is 8.11. The van der Waals surface area contributed by atoms with Gasteiger partial charge in [-0.1, -0.05) is 13.0 Å². The van der Waals surface area contributed by atoms with Crippen molar-refractivity contribution in [3.05, 3.63) is 30.0 Å². The predicted molar refractivity (Wildman–Crippen MR) is 101 cm³/mol. The molecule has 1 aromatic carbocycles. The van der Waals surface area contributed by atoms with Crippen molar-refractivity contribution >= 4 is 17.8 Å². The van der Waals surface area contributed by atoms with Crippen LogP contribution in [-0.2, 0) is 22.5 Å². The van der Waals surface area contributed by atoms with Crippen molar-refractivity contribution in [2.24, 2.45) is 11.7 Å². The van der Waals surface area contributed by atoms with Gasteiger partial charge in [-0.2, -0.15) is 0 Å². The van der Waals surface area contributed by atoms with Crippen LogP contribution in [0.1, 0.15) is 18.9 Å². The number of fused-ring (bicyclic) bond motifs is 3. The van der Waals surface area contributed by atoms with Crippen molar-refractivity contribution < 1.29 is 27.8 Å². The molecule has 2 fully saturated rings. The highest BCUT2D eigenvalue weighted by atomic mass is 19.3.